The van der Waals surface area contributed by atoms with Crippen molar-refractivity contribution in [3.63, 3.8) is 0 Å². The monoisotopic (exact) mass is 183 g/mol. The summed E-state index contributed by atoms with van der Waals surface area (Å²) in [5.74, 6) is -0.702. The average Bonchev–Trinajstić information content (AvgIpc) is 2.89. The fourth-order valence-corrected chi connectivity index (χ4v) is 2.15. The molecular weight excluding hydrogens is 166 g/mol. The molecular formula is C10H17NO2. The van der Waals surface area contributed by atoms with Gasteiger partial charge in [0.2, 0.25) is 0 Å². The maximum Gasteiger partial charge on any atom is 0.306 e. The molecule has 0 heterocycles. The van der Waals surface area contributed by atoms with Crippen molar-refractivity contribution in [3.8, 4) is 0 Å². The van der Waals surface area contributed by atoms with Crippen LogP contribution in [0.3, 0.4) is 0 Å². The van der Waals surface area contributed by atoms with Gasteiger partial charge in [0.15, 0.2) is 0 Å². The highest BCUT2D eigenvalue weighted by Gasteiger charge is 2.30. The van der Waals surface area contributed by atoms with E-state index in [1.54, 1.807) is 0 Å². The van der Waals surface area contributed by atoms with Crippen molar-refractivity contribution < 1.29 is 9.90 Å². The third-order valence-electron chi connectivity index (χ3n) is 3.07. The maximum absolute atomic E-state index is 10.8. The number of carboxylic acids is 1. The van der Waals surface area contributed by atoms with Crippen molar-refractivity contribution in [2.75, 3.05) is 0 Å². The quantitative estimate of drug-likeness (QED) is 0.695. The van der Waals surface area contributed by atoms with Gasteiger partial charge >= 0.3 is 5.97 Å². The minimum absolute atomic E-state index is 0.0926. The van der Waals surface area contributed by atoms with Crippen molar-refractivity contribution in [1.29, 1.82) is 0 Å². The van der Waals surface area contributed by atoms with Gasteiger partial charge in [-0.25, -0.2) is 0 Å². The second kappa shape index (κ2) is 3.66. The Morgan fingerprint density at radius 3 is 2.54 bits per heavy atom. The molecule has 2 atom stereocenters. The first kappa shape index (κ1) is 9.00. The third-order valence-corrected chi connectivity index (χ3v) is 3.07. The van der Waals surface area contributed by atoms with E-state index >= 15 is 0 Å². The van der Waals surface area contributed by atoms with Crippen LogP contribution >= 0.6 is 0 Å². The standard InChI is InChI=1S/C10H17NO2/c12-10(13)7-2-1-3-9(6-7)11-8-4-5-8/h7-9,11H,1-6H2,(H,12,13). The molecule has 0 aliphatic heterocycles. The number of hydrogen-bond acceptors (Lipinski definition) is 2. The zero-order chi connectivity index (χ0) is 9.26. The first-order valence-electron chi connectivity index (χ1n) is 5.24. The first-order chi connectivity index (χ1) is 6.25. The van der Waals surface area contributed by atoms with Crippen LogP contribution in [-0.2, 0) is 4.79 Å². The molecule has 0 amide bonds. The van der Waals surface area contributed by atoms with Crippen molar-refractivity contribution in [2.24, 2.45) is 5.92 Å². The molecule has 0 aromatic carbocycles. The smallest absolute Gasteiger partial charge is 0.306 e. The topological polar surface area (TPSA) is 49.3 Å². The SMILES string of the molecule is O=C(O)C1CCCC(NC2CC2)C1. The van der Waals surface area contributed by atoms with Gasteiger partial charge in [0.25, 0.3) is 0 Å². The van der Waals surface area contributed by atoms with Crippen molar-refractivity contribution in [3.05, 3.63) is 0 Å². The summed E-state index contributed by atoms with van der Waals surface area (Å²) in [4.78, 5) is 10.8. The molecule has 0 radical (unpaired) electrons. The molecule has 2 aliphatic carbocycles. The molecule has 0 bridgehead atoms. The molecule has 74 valence electrons. The maximum atomic E-state index is 10.8. The summed E-state index contributed by atoms with van der Waals surface area (Å²) in [6.07, 6.45) is 6.52. The molecule has 2 rings (SSSR count). The summed E-state index contributed by atoms with van der Waals surface area (Å²) in [5.41, 5.74) is 0. The lowest BCUT2D eigenvalue weighted by molar-refractivity contribution is -0.143. The summed E-state index contributed by atoms with van der Waals surface area (Å²) in [7, 11) is 0. The predicted molar refractivity (Wildman–Crippen MR) is 49.5 cm³/mol. The lowest BCUT2D eigenvalue weighted by Crippen LogP contribution is -2.37. The van der Waals surface area contributed by atoms with Gasteiger partial charge in [-0.05, 0) is 32.1 Å². The largest absolute Gasteiger partial charge is 0.481 e. The zero-order valence-corrected chi connectivity index (χ0v) is 7.83. The molecule has 2 N–H and O–H groups in total. The van der Waals surface area contributed by atoms with Gasteiger partial charge in [0.05, 0.1) is 5.92 Å². The van der Waals surface area contributed by atoms with Crippen LogP contribution < -0.4 is 5.32 Å². The van der Waals surface area contributed by atoms with Crippen LogP contribution in [0, 0.1) is 5.92 Å². The Morgan fingerprint density at radius 1 is 1.15 bits per heavy atom. The second-order valence-electron chi connectivity index (χ2n) is 4.34. The van der Waals surface area contributed by atoms with Gasteiger partial charge in [-0.3, -0.25) is 4.79 Å². The van der Waals surface area contributed by atoms with Crippen LogP contribution in [-0.4, -0.2) is 23.2 Å². The Hall–Kier alpha value is -0.570. The van der Waals surface area contributed by atoms with Crippen LogP contribution in [0.15, 0.2) is 0 Å². The number of hydrogen-bond donors (Lipinski definition) is 2. The van der Waals surface area contributed by atoms with E-state index in [2.05, 4.69) is 5.32 Å². The highest BCUT2D eigenvalue weighted by Crippen LogP contribution is 2.28. The Morgan fingerprint density at radius 2 is 1.92 bits per heavy atom. The first-order valence-corrected chi connectivity index (χ1v) is 5.24. The van der Waals surface area contributed by atoms with Crippen LogP contribution in [0.4, 0.5) is 0 Å². The number of carboxylic acid groups (broad SMARTS) is 1. The Kier molecular flexibility index (Phi) is 2.54. The summed E-state index contributed by atoms with van der Waals surface area (Å²) < 4.78 is 0. The van der Waals surface area contributed by atoms with E-state index in [1.165, 1.54) is 19.3 Å². The lowest BCUT2D eigenvalue weighted by atomic mass is 9.86. The van der Waals surface area contributed by atoms with E-state index in [0.29, 0.717) is 12.1 Å². The molecule has 0 spiro atoms. The molecule has 3 heteroatoms. The Balaban J connectivity index is 1.80. The number of nitrogens with one attached hydrogen (secondary N) is 1. The van der Waals surface area contributed by atoms with E-state index in [0.717, 1.165) is 19.3 Å². The third kappa shape index (κ3) is 2.44. The molecule has 0 aromatic rings. The highest BCUT2D eigenvalue weighted by atomic mass is 16.4. The van der Waals surface area contributed by atoms with Crippen LogP contribution in [0.2, 0.25) is 0 Å². The van der Waals surface area contributed by atoms with Gasteiger partial charge in [-0.2, -0.15) is 0 Å². The summed E-state index contributed by atoms with van der Waals surface area (Å²) in [6.45, 7) is 0. The van der Waals surface area contributed by atoms with Crippen molar-refractivity contribution in [1.82, 2.24) is 5.32 Å². The normalized spacial score (nSPS) is 34.5. The molecule has 0 saturated heterocycles. The van der Waals surface area contributed by atoms with Gasteiger partial charge in [0, 0.05) is 12.1 Å². The summed E-state index contributed by atoms with van der Waals surface area (Å²) in [5, 5.41) is 12.4. The molecule has 13 heavy (non-hydrogen) atoms. The fraction of sp³-hybridized carbons (Fsp3) is 0.900. The zero-order valence-electron chi connectivity index (χ0n) is 7.83. The summed E-state index contributed by atoms with van der Waals surface area (Å²) >= 11 is 0. The van der Waals surface area contributed by atoms with E-state index in [-0.39, 0.29) is 5.92 Å². The summed E-state index contributed by atoms with van der Waals surface area (Å²) in [6, 6.07) is 1.18. The van der Waals surface area contributed by atoms with Crippen molar-refractivity contribution >= 4 is 5.97 Å². The van der Waals surface area contributed by atoms with E-state index in [4.69, 9.17) is 5.11 Å². The molecule has 0 aromatic heterocycles. The van der Waals surface area contributed by atoms with Gasteiger partial charge in [-0.15, -0.1) is 0 Å². The van der Waals surface area contributed by atoms with Crippen molar-refractivity contribution in [2.45, 2.75) is 50.6 Å². The second-order valence-corrected chi connectivity index (χ2v) is 4.34. The van der Waals surface area contributed by atoms with Gasteiger partial charge < -0.3 is 10.4 Å². The average molecular weight is 183 g/mol. The van der Waals surface area contributed by atoms with Crippen LogP contribution in [0.5, 0.6) is 0 Å². The van der Waals surface area contributed by atoms with Gasteiger partial charge in [-0.1, -0.05) is 6.42 Å². The Labute approximate surface area is 78.5 Å². The fourth-order valence-electron chi connectivity index (χ4n) is 2.15. The van der Waals surface area contributed by atoms with E-state index in [1.807, 2.05) is 0 Å². The molecule has 3 nitrogen and oxygen atoms in total. The molecule has 2 aliphatic rings. The van der Waals surface area contributed by atoms with Crippen LogP contribution in [0.1, 0.15) is 38.5 Å². The van der Waals surface area contributed by atoms with E-state index in [9.17, 15) is 4.79 Å². The lowest BCUT2D eigenvalue weighted by Gasteiger charge is -2.27. The minimum Gasteiger partial charge on any atom is -0.481 e. The van der Waals surface area contributed by atoms with Crippen LogP contribution in [0.25, 0.3) is 0 Å². The Bertz CT molecular complexity index is 201. The number of carbonyl (C=O) groups is 1. The predicted octanol–water partition coefficient (Wildman–Crippen LogP) is 1.38. The minimum atomic E-state index is -0.609. The number of rotatable bonds is 3. The van der Waals surface area contributed by atoms with Gasteiger partial charge in [0.1, 0.15) is 0 Å². The van der Waals surface area contributed by atoms with E-state index < -0.39 is 5.97 Å². The molecule has 2 unspecified atom stereocenters. The number of aliphatic carboxylic acids is 1. The molecule has 2 saturated carbocycles. The molecule has 2 fully saturated rings. The highest BCUT2D eigenvalue weighted by molar-refractivity contribution is 5.70.